The highest BCUT2D eigenvalue weighted by atomic mass is 16.7. The number of methoxy groups -OCH3 is 2. The zero-order valence-electron chi connectivity index (χ0n) is 9.30. The van der Waals surface area contributed by atoms with Crippen molar-refractivity contribution in [3.8, 4) is 0 Å². The summed E-state index contributed by atoms with van der Waals surface area (Å²) in [5.74, 6) is 0. The van der Waals surface area contributed by atoms with Gasteiger partial charge < -0.3 is 14.8 Å². The van der Waals surface area contributed by atoms with E-state index < -0.39 is 0 Å². The summed E-state index contributed by atoms with van der Waals surface area (Å²) < 4.78 is 10.5. The van der Waals surface area contributed by atoms with Crippen LogP contribution in [0.4, 0.5) is 0 Å². The van der Waals surface area contributed by atoms with Crippen LogP contribution in [0.15, 0.2) is 18.7 Å². The molecule has 0 saturated carbocycles. The highest BCUT2D eigenvalue weighted by molar-refractivity contribution is 5.10. The number of nitrogens with one attached hydrogen (secondary N) is 1. The molecule has 0 aliphatic heterocycles. The second-order valence-corrected chi connectivity index (χ2v) is 3.05. The van der Waals surface area contributed by atoms with Crippen molar-refractivity contribution in [3.63, 3.8) is 0 Å². The normalized spacial score (nSPS) is 13.1. The molecule has 15 heavy (non-hydrogen) atoms. The Hall–Kier alpha value is -1.04. The van der Waals surface area contributed by atoms with Crippen LogP contribution in [-0.2, 0) is 9.47 Å². The summed E-state index contributed by atoms with van der Waals surface area (Å²) in [5, 5.41) is 3.27. The molecular formula is C10H17N3O2. The van der Waals surface area contributed by atoms with Crippen molar-refractivity contribution in [2.24, 2.45) is 0 Å². The average Bonchev–Trinajstić information content (AvgIpc) is 2.30. The van der Waals surface area contributed by atoms with Crippen LogP contribution in [-0.4, -0.2) is 37.0 Å². The van der Waals surface area contributed by atoms with Crippen LogP contribution in [0.25, 0.3) is 0 Å². The van der Waals surface area contributed by atoms with Gasteiger partial charge in [0.15, 0.2) is 6.29 Å². The molecule has 1 heterocycles. The van der Waals surface area contributed by atoms with Crippen molar-refractivity contribution in [1.29, 1.82) is 0 Å². The summed E-state index contributed by atoms with van der Waals surface area (Å²) in [6.07, 6.45) is 4.67. The van der Waals surface area contributed by atoms with Crippen LogP contribution in [0.2, 0.25) is 0 Å². The van der Waals surface area contributed by atoms with Gasteiger partial charge >= 0.3 is 0 Å². The van der Waals surface area contributed by atoms with Crippen molar-refractivity contribution in [2.45, 2.75) is 19.3 Å². The van der Waals surface area contributed by atoms with Gasteiger partial charge in [0.2, 0.25) is 0 Å². The van der Waals surface area contributed by atoms with E-state index in [2.05, 4.69) is 15.3 Å². The van der Waals surface area contributed by atoms with Gasteiger partial charge in [0.1, 0.15) is 6.33 Å². The van der Waals surface area contributed by atoms with Gasteiger partial charge in [-0.3, -0.25) is 0 Å². The van der Waals surface area contributed by atoms with Gasteiger partial charge in [-0.05, 0) is 6.54 Å². The van der Waals surface area contributed by atoms with Gasteiger partial charge in [-0.1, -0.05) is 6.92 Å². The number of hydrogen-bond acceptors (Lipinski definition) is 5. The van der Waals surface area contributed by atoms with Gasteiger partial charge in [0.05, 0.1) is 6.04 Å². The lowest BCUT2D eigenvalue weighted by molar-refractivity contribution is -0.124. The summed E-state index contributed by atoms with van der Waals surface area (Å²) >= 11 is 0. The molecule has 1 atom stereocenters. The number of likely N-dealkylation sites (N-methyl/N-ethyl adjacent to an activating group) is 1. The molecule has 0 amide bonds. The van der Waals surface area contributed by atoms with Crippen molar-refractivity contribution in [1.82, 2.24) is 15.3 Å². The molecule has 1 aromatic rings. The fourth-order valence-electron chi connectivity index (χ4n) is 1.43. The van der Waals surface area contributed by atoms with Crippen LogP contribution >= 0.6 is 0 Å². The smallest absolute Gasteiger partial charge is 0.176 e. The molecule has 0 aliphatic carbocycles. The fraction of sp³-hybridized carbons (Fsp3) is 0.600. The van der Waals surface area contributed by atoms with Gasteiger partial charge in [0.25, 0.3) is 0 Å². The van der Waals surface area contributed by atoms with E-state index in [-0.39, 0.29) is 12.3 Å². The first-order chi connectivity index (χ1) is 7.33. The summed E-state index contributed by atoms with van der Waals surface area (Å²) in [5.41, 5.74) is 0.952. The maximum atomic E-state index is 5.23. The first-order valence-corrected chi connectivity index (χ1v) is 4.87. The molecular weight excluding hydrogens is 194 g/mol. The van der Waals surface area contributed by atoms with Crippen LogP contribution < -0.4 is 5.32 Å². The minimum Gasteiger partial charge on any atom is -0.354 e. The van der Waals surface area contributed by atoms with Crippen LogP contribution in [0.1, 0.15) is 18.5 Å². The van der Waals surface area contributed by atoms with E-state index in [1.807, 2.05) is 6.92 Å². The van der Waals surface area contributed by atoms with Gasteiger partial charge in [-0.15, -0.1) is 0 Å². The molecule has 5 nitrogen and oxygen atoms in total. The molecule has 0 radical (unpaired) electrons. The standard InChI is InChI=1S/C10H17N3O2/c1-4-13-9(10(14-2)15-3)8-5-11-7-12-6-8/h5-7,9-10,13H,4H2,1-3H3. The number of rotatable bonds is 6. The average molecular weight is 211 g/mol. The first kappa shape index (κ1) is 12.0. The van der Waals surface area contributed by atoms with Gasteiger partial charge in [-0.2, -0.15) is 0 Å². The molecule has 1 N–H and O–H groups in total. The lowest BCUT2D eigenvalue weighted by atomic mass is 10.1. The number of aromatic nitrogens is 2. The zero-order valence-corrected chi connectivity index (χ0v) is 9.30. The molecule has 1 rings (SSSR count). The topological polar surface area (TPSA) is 56.3 Å². The lowest BCUT2D eigenvalue weighted by Gasteiger charge is -2.25. The monoisotopic (exact) mass is 211 g/mol. The highest BCUT2D eigenvalue weighted by Gasteiger charge is 2.22. The second-order valence-electron chi connectivity index (χ2n) is 3.05. The number of hydrogen-bond donors (Lipinski definition) is 1. The van der Waals surface area contributed by atoms with Gasteiger partial charge in [0, 0.05) is 32.2 Å². The summed E-state index contributed by atoms with van der Waals surface area (Å²) in [4.78, 5) is 7.95. The zero-order chi connectivity index (χ0) is 11.1. The van der Waals surface area contributed by atoms with E-state index in [4.69, 9.17) is 9.47 Å². The van der Waals surface area contributed by atoms with E-state index >= 15 is 0 Å². The molecule has 0 bridgehead atoms. The predicted molar refractivity (Wildman–Crippen MR) is 56.3 cm³/mol. The maximum absolute atomic E-state index is 5.23. The predicted octanol–water partition coefficient (Wildman–Crippen LogP) is 0.746. The molecule has 0 aromatic carbocycles. The van der Waals surface area contributed by atoms with Crippen molar-refractivity contribution in [3.05, 3.63) is 24.3 Å². The molecule has 0 fully saturated rings. The minimum atomic E-state index is -0.337. The van der Waals surface area contributed by atoms with E-state index in [1.165, 1.54) is 6.33 Å². The summed E-state index contributed by atoms with van der Waals surface area (Å²) in [6.45, 7) is 2.85. The Morgan fingerprint density at radius 1 is 1.27 bits per heavy atom. The van der Waals surface area contributed by atoms with Crippen LogP contribution in [0.3, 0.4) is 0 Å². The van der Waals surface area contributed by atoms with Crippen molar-refractivity contribution >= 4 is 0 Å². The lowest BCUT2D eigenvalue weighted by Crippen LogP contribution is -2.34. The Morgan fingerprint density at radius 3 is 2.33 bits per heavy atom. The maximum Gasteiger partial charge on any atom is 0.176 e. The van der Waals surface area contributed by atoms with E-state index in [1.54, 1.807) is 26.6 Å². The molecule has 5 heteroatoms. The Balaban J connectivity index is 2.81. The number of nitrogens with zero attached hydrogens (tertiary/aromatic N) is 2. The van der Waals surface area contributed by atoms with E-state index in [0.717, 1.165) is 12.1 Å². The Labute approximate surface area is 89.8 Å². The van der Waals surface area contributed by atoms with Crippen LogP contribution in [0.5, 0.6) is 0 Å². The molecule has 0 aliphatic rings. The Kier molecular flexibility index (Phi) is 5.17. The molecule has 0 spiro atoms. The Morgan fingerprint density at radius 2 is 1.87 bits per heavy atom. The molecule has 1 aromatic heterocycles. The summed E-state index contributed by atoms with van der Waals surface area (Å²) in [6, 6.07) is -0.0498. The Bertz CT molecular complexity index is 265. The SMILES string of the molecule is CCNC(c1cncnc1)C(OC)OC. The third-order valence-corrected chi connectivity index (χ3v) is 2.10. The molecule has 84 valence electrons. The van der Waals surface area contributed by atoms with Crippen molar-refractivity contribution in [2.75, 3.05) is 20.8 Å². The molecule has 0 saturated heterocycles. The quantitative estimate of drug-likeness (QED) is 0.703. The number of ether oxygens (including phenoxy) is 2. The van der Waals surface area contributed by atoms with Crippen LogP contribution in [0, 0.1) is 0 Å². The molecule has 1 unspecified atom stereocenters. The highest BCUT2D eigenvalue weighted by Crippen LogP contribution is 2.17. The van der Waals surface area contributed by atoms with Crippen molar-refractivity contribution < 1.29 is 9.47 Å². The third kappa shape index (κ3) is 3.23. The minimum absolute atomic E-state index is 0.0498. The first-order valence-electron chi connectivity index (χ1n) is 4.87. The van der Waals surface area contributed by atoms with Gasteiger partial charge in [-0.25, -0.2) is 9.97 Å². The summed E-state index contributed by atoms with van der Waals surface area (Å²) in [7, 11) is 3.23. The fourth-order valence-corrected chi connectivity index (χ4v) is 1.43. The largest absolute Gasteiger partial charge is 0.354 e. The second kappa shape index (κ2) is 6.44. The van der Waals surface area contributed by atoms with E-state index in [0.29, 0.717) is 0 Å². The third-order valence-electron chi connectivity index (χ3n) is 2.10. The van der Waals surface area contributed by atoms with E-state index in [9.17, 15) is 0 Å².